The van der Waals surface area contributed by atoms with Crippen molar-refractivity contribution in [3.63, 3.8) is 0 Å². The smallest absolute Gasteiger partial charge is 0.408 e. The van der Waals surface area contributed by atoms with Crippen LogP contribution >= 0.6 is 0 Å². The van der Waals surface area contributed by atoms with Crippen LogP contribution in [0.15, 0.2) is 42.5 Å². The fourth-order valence-electron chi connectivity index (χ4n) is 4.18. The largest absolute Gasteiger partial charge is 0.496 e. The lowest BCUT2D eigenvalue weighted by Crippen LogP contribution is -2.58. The summed E-state index contributed by atoms with van der Waals surface area (Å²) >= 11 is 0. The van der Waals surface area contributed by atoms with Gasteiger partial charge in [0, 0.05) is 18.6 Å². The van der Waals surface area contributed by atoms with Gasteiger partial charge in [0.25, 0.3) is 16.0 Å². The number of carbonyl (C=O) groups excluding carboxylic acids is 3. The molecule has 14 heteroatoms. The fourth-order valence-corrected chi connectivity index (χ4v) is 5.36. The van der Waals surface area contributed by atoms with Crippen LogP contribution in [0.5, 0.6) is 17.2 Å². The molecule has 2 atom stereocenters. The third-order valence-corrected chi connectivity index (χ3v) is 7.43. The van der Waals surface area contributed by atoms with Crippen molar-refractivity contribution in [3.05, 3.63) is 53.6 Å². The number of esters is 1. The van der Waals surface area contributed by atoms with E-state index >= 15 is 0 Å². The van der Waals surface area contributed by atoms with Gasteiger partial charge in [-0.25, -0.2) is 9.59 Å². The Morgan fingerprint density at radius 2 is 1.35 bits per heavy atom. The summed E-state index contributed by atoms with van der Waals surface area (Å²) in [5.41, 5.74) is -3.06. The van der Waals surface area contributed by atoms with Gasteiger partial charge in [-0.2, -0.15) is 8.42 Å². The average Bonchev–Trinajstić information content (AvgIpc) is 2.93. The highest BCUT2D eigenvalue weighted by Gasteiger charge is 2.45. The molecule has 2 rings (SSSR count). The first-order valence-electron chi connectivity index (χ1n) is 14.5. The first kappa shape index (κ1) is 38.1. The molecule has 46 heavy (non-hydrogen) atoms. The predicted octanol–water partition coefficient (Wildman–Crippen LogP) is 4.26. The van der Waals surface area contributed by atoms with Gasteiger partial charge in [-0.05, 0) is 54.0 Å². The molecule has 0 saturated heterocycles. The van der Waals surface area contributed by atoms with Gasteiger partial charge in [0.2, 0.25) is 0 Å². The first-order valence-corrected chi connectivity index (χ1v) is 16.0. The number of alkyl carbamates (subject to hydrolysis) is 1. The van der Waals surface area contributed by atoms with Crippen molar-refractivity contribution in [1.82, 2.24) is 10.6 Å². The molecule has 0 saturated carbocycles. The van der Waals surface area contributed by atoms with Crippen LogP contribution in [0.3, 0.4) is 0 Å². The highest BCUT2D eigenvalue weighted by molar-refractivity contribution is 7.85. The molecule has 0 aliphatic rings. The second kappa shape index (κ2) is 15.5. The summed E-state index contributed by atoms with van der Waals surface area (Å²) in [5.74, 6) is -1.30. The Morgan fingerprint density at radius 1 is 0.804 bits per heavy atom. The Labute approximate surface area is 271 Å². The monoisotopic (exact) mass is 666 g/mol. The maximum Gasteiger partial charge on any atom is 0.408 e. The standard InChI is InChI=1S/C32H46N2O11S/c1-30(2,3)43-28(36)32(7,34-29(37)44-31(4,5)6)18-26(45-46(38,39)20-21-14-12-11-13-15-21)27(35)33-19-23-24(41-9)16-22(40-8)17-25(23)42-10/h11-17,26H,18-20H2,1-10H3,(H,33,35)(H,34,37)/t26-,32-/m1/s1. The molecule has 0 aliphatic carbocycles. The Kier molecular flexibility index (Phi) is 12.9. The molecule has 13 nitrogen and oxygen atoms in total. The lowest BCUT2D eigenvalue weighted by molar-refractivity contribution is -0.164. The van der Waals surface area contributed by atoms with Crippen LogP contribution in [0.1, 0.15) is 66.0 Å². The molecule has 2 aromatic rings. The van der Waals surface area contributed by atoms with E-state index in [1.165, 1.54) is 28.3 Å². The summed E-state index contributed by atoms with van der Waals surface area (Å²) in [6, 6.07) is 11.4. The number of carbonyl (C=O) groups is 3. The second-order valence-corrected chi connectivity index (χ2v) is 14.3. The number of benzene rings is 2. The van der Waals surface area contributed by atoms with E-state index in [4.69, 9.17) is 27.9 Å². The highest BCUT2D eigenvalue weighted by Crippen LogP contribution is 2.34. The van der Waals surface area contributed by atoms with E-state index in [-0.39, 0.29) is 6.54 Å². The maximum absolute atomic E-state index is 13.8. The van der Waals surface area contributed by atoms with E-state index in [0.717, 1.165) is 0 Å². The van der Waals surface area contributed by atoms with Crippen molar-refractivity contribution >= 4 is 28.1 Å². The van der Waals surface area contributed by atoms with Crippen molar-refractivity contribution in [2.75, 3.05) is 21.3 Å². The van der Waals surface area contributed by atoms with E-state index in [9.17, 15) is 22.8 Å². The molecule has 0 bridgehead atoms. The van der Waals surface area contributed by atoms with Gasteiger partial charge < -0.3 is 34.3 Å². The second-order valence-electron chi connectivity index (χ2n) is 12.7. The molecule has 0 aromatic heterocycles. The average molecular weight is 667 g/mol. The summed E-state index contributed by atoms with van der Waals surface area (Å²) in [7, 11) is -0.0835. The molecule has 0 aliphatic heterocycles. The van der Waals surface area contributed by atoms with Crippen molar-refractivity contribution in [3.8, 4) is 17.2 Å². The van der Waals surface area contributed by atoms with Crippen LogP contribution in [0.25, 0.3) is 0 Å². The van der Waals surface area contributed by atoms with E-state index in [0.29, 0.717) is 28.4 Å². The SMILES string of the molecule is COc1cc(OC)c(CNC(=O)[C@@H](C[C@@](C)(NC(=O)OC(C)(C)C)C(=O)OC(C)(C)C)OS(=O)(=O)Cc2ccccc2)c(OC)c1. The molecule has 0 heterocycles. The Balaban J connectivity index is 2.52. The van der Waals surface area contributed by atoms with Crippen LogP contribution in [-0.4, -0.2) is 70.6 Å². The lowest BCUT2D eigenvalue weighted by Gasteiger charge is -2.34. The molecule has 256 valence electrons. The zero-order chi connectivity index (χ0) is 34.9. The third kappa shape index (κ3) is 12.0. The van der Waals surface area contributed by atoms with Crippen molar-refractivity contribution in [2.24, 2.45) is 0 Å². The van der Waals surface area contributed by atoms with Crippen LogP contribution in [0.2, 0.25) is 0 Å². The number of amides is 2. The van der Waals surface area contributed by atoms with E-state index in [1.807, 2.05) is 0 Å². The fraction of sp³-hybridized carbons (Fsp3) is 0.531. The molecular weight excluding hydrogens is 620 g/mol. The molecule has 0 unspecified atom stereocenters. The summed E-state index contributed by atoms with van der Waals surface area (Å²) < 4.78 is 59.1. The minimum absolute atomic E-state index is 0.184. The first-order chi connectivity index (χ1) is 21.2. The molecule has 2 N–H and O–H groups in total. The maximum atomic E-state index is 13.8. The van der Waals surface area contributed by atoms with Gasteiger partial charge in [-0.1, -0.05) is 30.3 Å². The van der Waals surface area contributed by atoms with Crippen LogP contribution in [-0.2, 0) is 45.7 Å². The summed E-state index contributed by atoms with van der Waals surface area (Å²) in [6.45, 7) is 10.9. The van der Waals surface area contributed by atoms with Crippen LogP contribution in [0.4, 0.5) is 4.79 Å². The highest BCUT2D eigenvalue weighted by atomic mass is 32.2. The van der Waals surface area contributed by atoms with Crippen molar-refractivity contribution in [1.29, 1.82) is 0 Å². The number of hydrogen-bond acceptors (Lipinski definition) is 11. The minimum atomic E-state index is -4.41. The normalized spacial score (nSPS) is 13.9. The topological polar surface area (TPSA) is 165 Å². The van der Waals surface area contributed by atoms with E-state index < -0.39 is 63.1 Å². The molecule has 0 fully saturated rings. The van der Waals surface area contributed by atoms with Crippen molar-refractivity contribution in [2.45, 2.75) is 90.0 Å². The number of methoxy groups -OCH3 is 3. The Hall–Kier alpha value is -4.04. The zero-order valence-electron chi connectivity index (χ0n) is 28.1. The number of rotatable bonds is 14. The molecule has 0 spiro atoms. The number of nitrogens with one attached hydrogen (secondary N) is 2. The summed E-state index contributed by atoms with van der Waals surface area (Å²) in [5, 5.41) is 5.12. The van der Waals surface area contributed by atoms with Gasteiger partial charge in [0.1, 0.15) is 39.7 Å². The Bertz CT molecular complexity index is 1440. The van der Waals surface area contributed by atoms with E-state index in [1.54, 1.807) is 84.0 Å². The zero-order valence-corrected chi connectivity index (χ0v) is 29.0. The van der Waals surface area contributed by atoms with Crippen molar-refractivity contribution < 1.29 is 50.7 Å². The number of ether oxygens (including phenoxy) is 5. The van der Waals surface area contributed by atoms with Gasteiger partial charge in [0.05, 0.1) is 33.4 Å². The van der Waals surface area contributed by atoms with Gasteiger partial charge >= 0.3 is 12.1 Å². The molecular formula is C32H46N2O11S. The number of hydrogen-bond donors (Lipinski definition) is 2. The quantitative estimate of drug-likeness (QED) is 0.219. The molecule has 2 amide bonds. The van der Waals surface area contributed by atoms with Gasteiger partial charge in [0.15, 0.2) is 6.10 Å². The van der Waals surface area contributed by atoms with Crippen LogP contribution in [0, 0.1) is 0 Å². The Morgan fingerprint density at radius 3 is 1.83 bits per heavy atom. The molecule has 0 radical (unpaired) electrons. The summed E-state index contributed by atoms with van der Waals surface area (Å²) in [6.07, 6.45) is -3.44. The van der Waals surface area contributed by atoms with Crippen LogP contribution < -0.4 is 24.8 Å². The van der Waals surface area contributed by atoms with E-state index in [2.05, 4.69) is 10.6 Å². The lowest BCUT2D eigenvalue weighted by atomic mass is 9.93. The van der Waals surface area contributed by atoms with Gasteiger partial charge in [-0.3, -0.25) is 8.98 Å². The third-order valence-electron chi connectivity index (χ3n) is 6.22. The minimum Gasteiger partial charge on any atom is -0.496 e. The van der Waals surface area contributed by atoms with Gasteiger partial charge in [-0.15, -0.1) is 0 Å². The predicted molar refractivity (Wildman–Crippen MR) is 170 cm³/mol. The summed E-state index contributed by atoms with van der Waals surface area (Å²) in [4.78, 5) is 40.2. The molecule has 2 aromatic carbocycles.